The molecule has 0 rings (SSSR count). The van der Waals surface area contributed by atoms with Gasteiger partial charge in [0.1, 0.15) is 0 Å². The lowest BCUT2D eigenvalue weighted by atomic mass is 9.93. The van der Waals surface area contributed by atoms with Gasteiger partial charge in [-0.05, 0) is 18.8 Å². The summed E-state index contributed by atoms with van der Waals surface area (Å²) in [6, 6.07) is 0. The summed E-state index contributed by atoms with van der Waals surface area (Å²) in [5.41, 5.74) is 0. The Hall–Kier alpha value is -0.120. The molecule has 0 aromatic heterocycles. The maximum Gasteiger partial charge on any atom is 0.165 e. The second-order valence-corrected chi connectivity index (χ2v) is 5.62. The highest BCUT2D eigenvalue weighted by molar-refractivity contribution is 4.73. The van der Waals surface area contributed by atoms with Crippen LogP contribution in [0.3, 0.4) is 0 Å². The summed E-state index contributed by atoms with van der Waals surface area (Å²) in [6.45, 7) is 7.09. The Morgan fingerprint density at radius 3 is 2.21 bits per heavy atom. The number of aliphatic hydroxyl groups is 2. The molecule has 3 heteroatoms. The highest BCUT2D eigenvalue weighted by Gasteiger charge is 2.30. The maximum absolute atomic E-state index is 10.6. The number of ether oxygens (including phenoxy) is 1. The lowest BCUT2D eigenvalue weighted by Crippen LogP contribution is -2.36. The molecule has 0 aromatic rings. The molecule has 2 unspecified atom stereocenters. The van der Waals surface area contributed by atoms with E-state index in [1.165, 1.54) is 12.8 Å². The fourth-order valence-corrected chi connectivity index (χ4v) is 2.26. The van der Waals surface area contributed by atoms with E-state index in [1.807, 2.05) is 6.92 Å². The van der Waals surface area contributed by atoms with Gasteiger partial charge in [0.25, 0.3) is 0 Å². The first-order chi connectivity index (χ1) is 9.11. The first-order valence-electron chi connectivity index (χ1n) is 8.09. The summed E-state index contributed by atoms with van der Waals surface area (Å²) >= 11 is 0. The van der Waals surface area contributed by atoms with Crippen LogP contribution in [0.25, 0.3) is 0 Å². The van der Waals surface area contributed by atoms with Gasteiger partial charge in [-0.15, -0.1) is 0 Å². The zero-order valence-electron chi connectivity index (χ0n) is 13.2. The van der Waals surface area contributed by atoms with Crippen LogP contribution in [-0.4, -0.2) is 29.2 Å². The van der Waals surface area contributed by atoms with E-state index in [1.54, 1.807) is 0 Å². The quantitative estimate of drug-likeness (QED) is 0.396. The zero-order chi connectivity index (χ0) is 14.6. The van der Waals surface area contributed by atoms with Crippen LogP contribution < -0.4 is 0 Å². The molecule has 0 bridgehead atoms. The number of unbranched alkanes of at least 4 members (excludes halogenated alkanes) is 4. The van der Waals surface area contributed by atoms with E-state index in [-0.39, 0.29) is 12.5 Å². The smallest absolute Gasteiger partial charge is 0.165 e. The number of aliphatic hydroxyl groups excluding tert-OH is 1. The van der Waals surface area contributed by atoms with Crippen molar-refractivity contribution in [3.05, 3.63) is 0 Å². The van der Waals surface area contributed by atoms with Crippen LogP contribution in [0.15, 0.2) is 0 Å². The van der Waals surface area contributed by atoms with Gasteiger partial charge in [0.05, 0.1) is 6.61 Å². The van der Waals surface area contributed by atoms with E-state index in [0.29, 0.717) is 19.4 Å². The summed E-state index contributed by atoms with van der Waals surface area (Å²) in [5.74, 6) is -0.899. The summed E-state index contributed by atoms with van der Waals surface area (Å²) in [6.07, 6.45) is 8.72. The monoisotopic (exact) mass is 274 g/mol. The highest BCUT2D eigenvalue weighted by Crippen LogP contribution is 2.27. The Balaban J connectivity index is 4.25. The predicted molar refractivity (Wildman–Crippen MR) is 80.1 cm³/mol. The molecule has 0 aromatic carbocycles. The molecule has 3 nitrogen and oxygen atoms in total. The van der Waals surface area contributed by atoms with Gasteiger partial charge in [-0.3, -0.25) is 0 Å². The molecule has 0 radical (unpaired) electrons. The molecule has 0 amide bonds. The van der Waals surface area contributed by atoms with Crippen LogP contribution in [0.1, 0.15) is 78.6 Å². The van der Waals surface area contributed by atoms with E-state index in [0.717, 1.165) is 32.1 Å². The molecule has 0 saturated heterocycles. The lowest BCUT2D eigenvalue weighted by Gasteiger charge is -2.31. The van der Waals surface area contributed by atoms with Gasteiger partial charge in [-0.1, -0.05) is 52.9 Å². The molecule has 0 aliphatic rings. The van der Waals surface area contributed by atoms with Gasteiger partial charge in [0, 0.05) is 19.4 Å². The fraction of sp³-hybridized carbons (Fsp3) is 1.00. The predicted octanol–water partition coefficient (Wildman–Crippen LogP) is 3.87. The van der Waals surface area contributed by atoms with Crippen molar-refractivity contribution >= 4 is 0 Å². The number of hydrogen-bond donors (Lipinski definition) is 2. The van der Waals surface area contributed by atoms with Gasteiger partial charge in [-0.25, -0.2) is 0 Å². The number of hydrogen-bond acceptors (Lipinski definition) is 3. The van der Waals surface area contributed by atoms with Gasteiger partial charge >= 0.3 is 0 Å². The van der Waals surface area contributed by atoms with Crippen molar-refractivity contribution in [1.82, 2.24) is 0 Å². The molecule has 0 spiro atoms. The van der Waals surface area contributed by atoms with Crippen molar-refractivity contribution in [2.45, 2.75) is 84.3 Å². The molecular formula is C16H34O3. The zero-order valence-corrected chi connectivity index (χ0v) is 13.2. The Bertz CT molecular complexity index is 192. The van der Waals surface area contributed by atoms with E-state index in [9.17, 15) is 10.2 Å². The molecule has 0 aliphatic carbocycles. The highest BCUT2D eigenvalue weighted by atomic mass is 16.6. The third-order valence-corrected chi connectivity index (χ3v) is 3.73. The summed E-state index contributed by atoms with van der Waals surface area (Å²) < 4.78 is 5.73. The van der Waals surface area contributed by atoms with Crippen molar-refractivity contribution in [3.63, 3.8) is 0 Å². The van der Waals surface area contributed by atoms with Gasteiger partial charge in [0.2, 0.25) is 0 Å². The molecule has 0 saturated carbocycles. The molecule has 2 atom stereocenters. The van der Waals surface area contributed by atoms with Crippen molar-refractivity contribution in [1.29, 1.82) is 0 Å². The first kappa shape index (κ1) is 18.9. The average Bonchev–Trinajstić information content (AvgIpc) is 2.41. The van der Waals surface area contributed by atoms with E-state index >= 15 is 0 Å². The summed E-state index contributed by atoms with van der Waals surface area (Å²) in [4.78, 5) is 0. The minimum absolute atomic E-state index is 0.130. The molecule has 116 valence electrons. The Morgan fingerprint density at radius 2 is 1.68 bits per heavy atom. The van der Waals surface area contributed by atoms with E-state index in [2.05, 4.69) is 13.8 Å². The van der Waals surface area contributed by atoms with Crippen LogP contribution in [-0.2, 0) is 4.74 Å². The van der Waals surface area contributed by atoms with Gasteiger partial charge in [0.15, 0.2) is 5.79 Å². The largest absolute Gasteiger partial charge is 0.396 e. The standard InChI is InChI=1S/C16H34O3/c1-4-7-9-10-11-16(18,19-12-8-5-2)13-15(6-3)14-17/h15,17-18H,4-14H2,1-3H3. The Morgan fingerprint density at radius 1 is 1.00 bits per heavy atom. The second-order valence-electron chi connectivity index (χ2n) is 5.62. The minimum Gasteiger partial charge on any atom is -0.396 e. The topological polar surface area (TPSA) is 49.7 Å². The minimum atomic E-state index is -1.04. The van der Waals surface area contributed by atoms with Gasteiger partial charge in [-0.2, -0.15) is 0 Å². The normalized spacial score (nSPS) is 16.3. The maximum atomic E-state index is 10.6. The molecule has 19 heavy (non-hydrogen) atoms. The Labute approximate surface area is 119 Å². The van der Waals surface area contributed by atoms with Crippen LogP contribution in [0.2, 0.25) is 0 Å². The van der Waals surface area contributed by atoms with Gasteiger partial charge < -0.3 is 14.9 Å². The fourth-order valence-electron chi connectivity index (χ4n) is 2.26. The van der Waals surface area contributed by atoms with E-state index < -0.39 is 5.79 Å². The molecule has 0 aliphatic heterocycles. The average molecular weight is 274 g/mol. The van der Waals surface area contributed by atoms with Crippen molar-refractivity contribution < 1.29 is 14.9 Å². The SMILES string of the molecule is CCCCCCC(O)(CC(CC)CO)OCCCC. The van der Waals surface area contributed by atoms with Crippen LogP contribution in [0.5, 0.6) is 0 Å². The van der Waals surface area contributed by atoms with Crippen molar-refractivity contribution in [2.24, 2.45) is 5.92 Å². The summed E-state index contributed by atoms with van der Waals surface area (Å²) in [5, 5.41) is 19.9. The first-order valence-corrected chi connectivity index (χ1v) is 8.09. The molecule has 0 fully saturated rings. The lowest BCUT2D eigenvalue weighted by molar-refractivity contribution is -0.221. The molecule has 0 heterocycles. The number of rotatable bonds is 13. The van der Waals surface area contributed by atoms with Crippen molar-refractivity contribution in [3.8, 4) is 0 Å². The second kappa shape index (κ2) is 11.7. The van der Waals surface area contributed by atoms with E-state index in [4.69, 9.17) is 4.74 Å². The molecular weight excluding hydrogens is 240 g/mol. The third kappa shape index (κ3) is 9.42. The third-order valence-electron chi connectivity index (χ3n) is 3.73. The van der Waals surface area contributed by atoms with Crippen molar-refractivity contribution in [2.75, 3.05) is 13.2 Å². The Kier molecular flexibility index (Phi) is 11.6. The summed E-state index contributed by atoms with van der Waals surface area (Å²) in [7, 11) is 0. The molecule has 2 N–H and O–H groups in total. The van der Waals surface area contributed by atoms with Crippen LogP contribution >= 0.6 is 0 Å². The van der Waals surface area contributed by atoms with Crippen LogP contribution in [0.4, 0.5) is 0 Å². The van der Waals surface area contributed by atoms with Crippen LogP contribution in [0, 0.1) is 5.92 Å².